The van der Waals surface area contributed by atoms with Crippen LogP contribution in [0.25, 0.3) is 0 Å². The van der Waals surface area contributed by atoms with Crippen LogP contribution >= 0.6 is 0 Å². The first-order valence-corrected chi connectivity index (χ1v) is 8.02. The van der Waals surface area contributed by atoms with E-state index in [2.05, 4.69) is 10.6 Å². The summed E-state index contributed by atoms with van der Waals surface area (Å²) in [5.74, 6) is 0.780. The molecule has 0 saturated carbocycles. The Kier molecular flexibility index (Phi) is 6.63. The fourth-order valence-corrected chi connectivity index (χ4v) is 2.33. The third kappa shape index (κ3) is 5.59. The lowest BCUT2D eigenvalue weighted by Gasteiger charge is -2.19. The van der Waals surface area contributed by atoms with Gasteiger partial charge in [-0.15, -0.1) is 0 Å². The van der Waals surface area contributed by atoms with Crippen LogP contribution in [0.4, 0.5) is 4.79 Å². The summed E-state index contributed by atoms with van der Waals surface area (Å²) in [5.41, 5.74) is 1.98. The maximum atomic E-state index is 12.0. The Hall–Kier alpha value is -2.53. The predicted molar refractivity (Wildman–Crippen MR) is 94.1 cm³/mol. The number of carbonyl (C=O) groups is 1. The van der Waals surface area contributed by atoms with E-state index >= 15 is 0 Å². The minimum absolute atomic E-state index is 0.160. The van der Waals surface area contributed by atoms with Gasteiger partial charge in [0.15, 0.2) is 0 Å². The van der Waals surface area contributed by atoms with Crippen LogP contribution in [0.2, 0.25) is 0 Å². The first kappa shape index (κ1) is 17.8. The molecule has 0 saturated heterocycles. The fourth-order valence-electron chi connectivity index (χ4n) is 2.33. The number of aryl methyl sites for hydroxylation is 1. The zero-order chi connectivity index (χ0) is 17.4. The molecule has 5 nitrogen and oxygen atoms in total. The first-order valence-electron chi connectivity index (χ1n) is 8.02. The maximum absolute atomic E-state index is 12.0. The number of nitrogens with one attached hydrogen (secondary N) is 2. The molecule has 0 radical (unpaired) electrons. The summed E-state index contributed by atoms with van der Waals surface area (Å²) in [6.07, 6.45) is -0.165. The van der Waals surface area contributed by atoms with Crippen molar-refractivity contribution in [1.82, 2.24) is 10.6 Å². The molecule has 2 aromatic rings. The van der Waals surface area contributed by atoms with E-state index in [0.717, 1.165) is 16.9 Å². The summed E-state index contributed by atoms with van der Waals surface area (Å²) in [7, 11) is 0. The van der Waals surface area contributed by atoms with E-state index in [0.29, 0.717) is 6.54 Å². The Morgan fingerprint density at radius 3 is 2.58 bits per heavy atom. The monoisotopic (exact) mass is 328 g/mol. The lowest BCUT2D eigenvalue weighted by molar-refractivity contribution is 0.199. The predicted octanol–water partition coefficient (Wildman–Crippen LogP) is 2.80. The highest BCUT2D eigenvalue weighted by Crippen LogP contribution is 2.14. The van der Waals surface area contributed by atoms with Gasteiger partial charge in [-0.2, -0.15) is 0 Å². The Balaban J connectivity index is 1.79. The standard InChI is InChI=1S/C19H24N2O3/c1-14-7-6-10-17(11-14)24-15(2)12-20-19(23)21-18(13-22)16-8-4-3-5-9-16/h3-11,15,18,22H,12-13H2,1-2H3,(H2,20,21,23). The van der Waals surface area contributed by atoms with Crippen molar-refractivity contribution < 1.29 is 14.6 Å². The van der Waals surface area contributed by atoms with Crippen LogP contribution in [0.5, 0.6) is 5.75 Å². The number of hydrogen-bond acceptors (Lipinski definition) is 3. The fraction of sp³-hybridized carbons (Fsp3) is 0.316. The summed E-state index contributed by atoms with van der Waals surface area (Å²) in [6.45, 7) is 4.10. The van der Waals surface area contributed by atoms with E-state index in [9.17, 15) is 9.90 Å². The zero-order valence-corrected chi connectivity index (χ0v) is 14.0. The number of ether oxygens (including phenoxy) is 1. The number of aliphatic hydroxyl groups excluding tert-OH is 1. The van der Waals surface area contributed by atoms with Gasteiger partial charge in [0.25, 0.3) is 0 Å². The molecule has 2 amide bonds. The SMILES string of the molecule is Cc1cccc(OC(C)CNC(=O)NC(CO)c2ccccc2)c1. The van der Waals surface area contributed by atoms with E-state index in [1.54, 1.807) is 0 Å². The average molecular weight is 328 g/mol. The molecule has 0 aromatic heterocycles. The second-order valence-electron chi connectivity index (χ2n) is 5.75. The Morgan fingerprint density at radius 1 is 1.17 bits per heavy atom. The summed E-state index contributed by atoms with van der Waals surface area (Å²) in [4.78, 5) is 12.0. The van der Waals surface area contributed by atoms with Gasteiger partial charge in [-0.05, 0) is 37.1 Å². The van der Waals surface area contributed by atoms with Crippen LogP contribution in [0, 0.1) is 6.92 Å². The van der Waals surface area contributed by atoms with Gasteiger partial charge >= 0.3 is 6.03 Å². The third-order valence-electron chi connectivity index (χ3n) is 3.57. The van der Waals surface area contributed by atoms with Gasteiger partial charge in [0, 0.05) is 0 Å². The van der Waals surface area contributed by atoms with Crippen molar-refractivity contribution in [3.05, 3.63) is 65.7 Å². The normalized spacial score (nSPS) is 13.0. The summed E-state index contributed by atoms with van der Waals surface area (Å²) in [5, 5.41) is 15.0. The molecule has 2 rings (SSSR count). The molecule has 2 unspecified atom stereocenters. The van der Waals surface area contributed by atoms with Crippen molar-refractivity contribution in [2.75, 3.05) is 13.2 Å². The van der Waals surface area contributed by atoms with Crippen LogP contribution in [-0.4, -0.2) is 30.4 Å². The smallest absolute Gasteiger partial charge is 0.315 e. The molecule has 2 aromatic carbocycles. The zero-order valence-electron chi connectivity index (χ0n) is 14.0. The van der Waals surface area contributed by atoms with E-state index in [4.69, 9.17) is 4.74 Å². The molecule has 0 aliphatic heterocycles. The highest BCUT2D eigenvalue weighted by molar-refractivity contribution is 5.74. The van der Waals surface area contributed by atoms with Gasteiger partial charge in [-0.1, -0.05) is 42.5 Å². The molecule has 0 aliphatic carbocycles. The molecular weight excluding hydrogens is 304 g/mol. The molecular formula is C19H24N2O3. The quantitative estimate of drug-likeness (QED) is 0.732. The van der Waals surface area contributed by atoms with Crippen molar-refractivity contribution in [2.45, 2.75) is 26.0 Å². The van der Waals surface area contributed by atoms with Crippen LogP contribution in [-0.2, 0) is 0 Å². The highest BCUT2D eigenvalue weighted by Gasteiger charge is 2.14. The molecule has 5 heteroatoms. The van der Waals surface area contributed by atoms with Crippen LogP contribution in [0.1, 0.15) is 24.1 Å². The Morgan fingerprint density at radius 2 is 1.92 bits per heavy atom. The first-order chi connectivity index (χ1) is 11.6. The number of carbonyl (C=O) groups excluding carboxylic acids is 1. The maximum Gasteiger partial charge on any atom is 0.315 e. The average Bonchev–Trinajstić information content (AvgIpc) is 2.58. The Labute approximate surface area is 142 Å². The summed E-state index contributed by atoms with van der Waals surface area (Å²) >= 11 is 0. The van der Waals surface area contributed by atoms with Crippen molar-refractivity contribution in [1.29, 1.82) is 0 Å². The number of amides is 2. The molecule has 3 N–H and O–H groups in total. The van der Waals surface area contributed by atoms with E-state index in [1.165, 1.54) is 0 Å². The van der Waals surface area contributed by atoms with Gasteiger partial charge in [0.2, 0.25) is 0 Å². The van der Waals surface area contributed by atoms with Gasteiger partial charge in [0.1, 0.15) is 11.9 Å². The van der Waals surface area contributed by atoms with Crippen LogP contribution < -0.4 is 15.4 Å². The summed E-state index contributed by atoms with van der Waals surface area (Å²) < 4.78 is 5.77. The van der Waals surface area contributed by atoms with Crippen molar-refractivity contribution in [2.24, 2.45) is 0 Å². The molecule has 0 bridgehead atoms. The van der Waals surface area contributed by atoms with Gasteiger partial charge in [0.05, 0.1) is 19.2 Å². The second-order valence-corrected chi connectivity index (χ2v) is 5.75. The molecule has 128 valence electrons. The molecule has 0 fully saturated rings. The lowest BCUT2D eigenvalue weighted by atomic mass is 10.1. The minimum Gasteiger partial charge on any atom is -0.489 e. The van der Waals surface area contributed by atoms with Gasteiger partial charge in [-0.3, -0.25) is 0 Å². The van der Waals surface area contributed by atoms with Gasteiger partial charge < -0.3 is 20.5 Å². The molecule has 0 heterocycles. The van der Waals surface area contributed by atoms with Gasteiger partial charge in [-0.25, -0.2) is 4.79 Å². The Bertz CT molecular complexity index is 646. The topological polar surface area (TPSA) is 70.6 Å². The van der Waals surface area contributed by atoms with E-state index < -0.39 is 6.04 Å². The molecule has 24 heavy (non-hydrogen) atoms. The molecule has 2 atom stereocenters. The van der Waals surface area contributed by atoms with E-state index in [-0.39, 0.29) is 18.7 Å². The summed E-state index contributed by atoms with van der Waals surface area (Å²) in [6, 6.07) is 16.4. The van der Waals surface area contributed by atoms with Crippen molar-refractivity contribution in [3.8, 4) is 5.75 Å². The van der Waals surface area contributed by atoms with Crippen molar-refractivity contribution in [3.63, 3.8) is 0 Å². The molecule has 0 spiro atoms. The third-order valence-corrected chi connectivity index (χ3v) is 3.57. The number of hydrogen-bond donors (Lipinski definition) is 3. The largest absolute Gasteiger partial charge is 0.489 e. The number of rotatable bonds is 7. The lowest BCUT2D eigenvalue weighted by Crippen LogP contribution is -2.42. The van der Waals surface area contributed by atoms with E-state index in [1.807, 2.05) is 68.4 Å². The van der Waals surface area contributed by atoms with Crippen molar-refractivity contribution >= 4 is 6.03 Å². The number of aliphatic hydroxyl groups is 1. The second kappa shape index (κ2) is 8.93. The van der Waals surface area contributed by atoms with Crippen LogP contribution in [0.3, 0.4) is 0 Å². The minimum atomic E-state index is -0.431. The number of urea groups is 1. The highest BCUT2D eigenvalue weighted by atomic mass is 16.5. The van der Waals surface area contributed by atoms with Crippen LogP contribution in [0.15, 0.2) is 54.6 Å². The number of benzene rings is 2. The molecule has 0 aliphatic rings.